The van der Waals surface area contributed by atoms with Crippen molar-refractivity contribution in [1.29, 1.82) is 0 Å². The van der Waals surface area contributed by atoms with E-state index in [4.69, 9.17) is 9.84 Å². The van der Waals surface area contributed by atoms with Crippen LogP contribution < -0.4 is 0 Å². The topological polar surface area (TPSA) is 63.8 Å². The van der Waals surface area contributed by atoms with E-state index in [9.17, 15) is 4.79 Å². The molecular weight excluding hydrogens is 232 g/mol. The molecule has 3 rings (SSSR count). The number of hydrogen-bond acceptors (Lipinski definition) is 3. The van der Waals surface area contributed by atoms with Gasteiger partial charge in [0.05, 0.1) is 17.3 Å². The molecule has 1 N–H and O–H groups in total. The zero-order valence-electron chi connectivity index (χ0n) is 9.87. The van der Waals surface area contributed by atoms with Crippen LogP contribution in [0.2, 0.25) is 0 Å². The molecule has 1 aliphatic rings. The van der Waals surface area contributed by atoms with E-state index in [1.165, 1.54) is 0 Å². The van der Waals surface area contributed by atoms with Gasteiger partial charge in [0.25, 0.3) is 0 Å². The van der Waals surface area contributed by atoms with E-state index in [1.54, 1.807) is 24.5 Å². The van der Waals surface area contributed by atoms with Crippen molar-refractivity contribution in [2.75, 3.05) is 13.2 Å². The van der Waals surface area contributed by atoms with E-state index < -0.39 is 5.97 Å². The average Bonchev–Trinajstić information content (AvgIpc) is 2.82. The van der Waals surface area contributed by atoms with Crippen molar-refractivity contribution in [3.63, 3.8) is 0 Å². The predicted octanol–water partition coefficient (Wildman–Crippen LogP) is 1.93. The fraction of sp³-hybridized carbons (Fsp3) is 0.385. The first kappa shape index (κ1) is 11.2. The molecule has 0 aromatic carbocycles. The van der Waals surface area contributed by atoms with Gasteiger partial charge >= 0.3 is 5.97 Å². The van der Waals surface area contributed by atoms with Crippen LogP contribution in [0.25, 0.3) is 5.52 Å². The van der Waals surface area contributed by atoms with Crippen LogP contribution in [0.4, 0.5) is 0 Å². The number of carboxylic acids is 1. The fourth-order valence-corrected chi connectivity index (χ4v) is 2.41. The average molecular weight is 246 g/mol. The van der Waals surface area contributed by atoms with Crippen LogP contribution in [-0.4, -0.2) is 33.7 Å². The van der Waals surface area contributed by atoms with Crippen molar-refractivity contribution < 1.29 is 14.6 Å². The van der Waals surface area contributed by atoms with Gasteiger partial charge < -0.3 is 14.2 Å². The van der Waals surface area contributed by atoms with Gasteiger partial charge in [0.15, 0.2) is 0 Å². The lowest BCUT2D eigenvalue weighted by atomic mass is 9.99. The first-order valence-electron chi connectivity index (χ1n) is 6.04. The van der Waals surface area contributed by atoms with Gasteiger partial charge in [-0.05, 0) is 25.0 Å². The van der Waals surface area contributed by atoms with Gasteiger partial charge in [-0.15, -0.1) is 0 Å². The van der Waals surface area contributed by atoms with Crippen LogP contribution in [0.5, 0.6) is 0 Å². The number of fused-ring (bicyclic) bond motifs is 1. The SMILES string of the molecule is O=C(O)c1ccn2c(C3CCOCC3)ncc2c1. The smallest absolute Gasteiger partial charge is 0.335 e. The number of rotatable bonds is 2. The summed E-state index contributed by atoms with van der Waals surface area (Å²) < 4.78 is 7.32. The Morgan fingerprint density at radius 3 is 2.94 bits per heavy atom. The van der Waals surface area contributed by atoms with Crippen molar-refractivity contribution in [3.8, 4) is 0 Å². The number of carbonyl (C=O) groups is 1. The van der Waals surface area contributed by atoms with Gasteiger partial charge in [0.1, 0.15) is 5.82 Å². The van der Waals surface area contributed by atoms with E-state index in [0.29, 0.717) is 11.5 Å². The third-order valence-electron chi connectivity index (χ3n) is 3.39. The minimum absolute atomic E-state index is 0.293. The summed E-state index contributed by atoms with van der Waals surface area (Å²) in [5, 5.41) is 8.95. The molecule has 5 heteroatoms. The minimum atomic E-state index is -0.911. The molecule has 1 saturated heterocycles. The van der Waals surface area contributed by atoms with E-state index in [0.717, 1.165) is 37.4 Å². The molecular formula is C13H14N2O3. The summed E-state index contributed by atoms with van der Waals surface area (Å²) in [4.78, 5) is 15.3. The number of aromatic carboxylic acids is 1. The Balaban J connectivity index is 2.01. The minimum Gasteiger partial charge on any atom is -0.478 e. The van der Waals surface area contributed by atoms with Gasteiger partial charge in [-0.25, -0.2) is 9.78 Å². The summed E-state index contributed by atoms with van der Waals surface area (Å²) in [6.07, 6.45) is 5.47. The number of aromatic nitrogens is 2. The maximum Gasteiger partial charge on any atom is 0.335 e. The van der Waals surface area contributed by atoms with Gasteiger partial charge in [0, 0.05) is 25.3 Å². The lowest BCUT2D eigenvalue weighted by molar-refractivity contribution is 0.0697. The number of nitrogens with zero attached hydrogens (tertiary/aromatic N) is 2. The predicted molar refractivity (Wildman–Crippen MR) is 64.9 cm³/mol. The van der Waals surface area contributed by atoms with Crippen LogP contribution in [0.15, 0.2) is 24.5 Å². The van der Waals surface area contributed by atoms with E-state index in [2.05, 4.69) is 4.98 Å². The highest BCUT2D eigenvalue weighted by atomic mass is 16.5. The summed E-state index contributed by atoms with van der Waals surface area (Å²) >= 11 is 0. The maximum atomic E-state index is 10.9. The molecule has 0 spiro atoms. The van der Waals surface area contributed by atoms with Crippen molar-refractivity contribution >= 4 is 11.5 Å². The van der Waals surface area contributed by atoms with Crippen molar-refractivity contribution in [1.82, 2.24) is 9.38 Å². The highest BCUT2D eigenvalue weighted by molar-refractivity contribution is 5.88. The highest BCUT2D eigenvalue weighted by Crippen LogP contribution is 2.26. The van der Waals surface area contributed by atoms with Crippen molar-refractivity contribution in [3.05, 3.63) is 35.9 Å². The Bertz CT molecular complexity index is 585. The Labute approximate surface area is 104 Å². The molecule has 5 nitrogen and oxygen atoms in total. The van der Waals surface area contributed by atoms with Gasteiger partial charge in [0.2, 0.25) is 0 Å². The second kappa shape index (κ2) is 4.42. The fourth-order valence-electron chi connectivity index (χ4n) is 2.41. The van der Waals surface area contributed by atoms with Crippen LogP contribution in [0, 0.1) is 0 Å². The third-order valence-corrected chi connectivity index (χ3v) is 3.39. The summed E-state index contributed by atoms with van der Waals surface area (Å²) in [7, 11) is 0. The number of ether oxygens (including phenoxy) is 1. The molecule has 0 radical (unpaired) electrons. The zero-order valence-corrected chi connectivity index (χ0v) is 9.87. The van der Waals surface area contributed by atoms with Gasteiger partial charge in [-0.2, -0.15) is 0 Å². The second-order valence-corrected chi connectivity index (χ2v) is 4.52. The number of imidazole rings is 1. The van der Waals surface area contributed by atoms with Crippen molar-refractivity contribution in [2.45, 2.75) is 18.8 Å². The number of pyridine rings is 1. The molecule has 0 unspecified atom stereocenters. The molecule has 0 atom stereocenters. The molecule has 1 fully saturated rings. The normalized spacial score (nSPS) is 17.1. The summed E-state index contributed by atoms with van der Waals surface area (Å²) in [6.45, 7) is 1.54. The molecule has 0 aliphatic carbocycles. The van der Waals surface area contributed by atoms with E-state index >= 15 is 0 Å². The number of hydrogen-bond donors (Lipinski definition) is 1. The summed E-state index contributed by atoms with van der Waals surface area (Å²) in [5.41, 5.74) is 1.12. The lowest BCUT2D eigenvalue weighted by Crippen LogP contribution is -2.16. The molecule has 94 valence electrons. The Hall–Kier alpha value is -1.88. The maximum absolute atomic E-state index is 10.9. The van der Waals surface area contributed by atoms with Crippen LogP contribution in [0.3, 0.4) is 0 Å². The van der Waals surface area contributed by atoms with Crippen molar-refractivity contribution in [2.24, 2.45) is 0 Å². The second-order valence-electron chi connectivity index (χ2n) is 4.52. The van der Waals surface area contributed by atoms with Crippen LogP contribution in [-0.2, 0) is 4.74 Å². The first-order chi connectivity index (χ1) is 8.75. The first-order valence-corrected chi connectivity index (χ1v) is 6.04. The Morgan fingerprint density at radius 2 is 2.22 bits per heavy atom. The van der Waals surface area contributed by atoms with E-state index in [1.807, 2.05) is 4.40 Å². The zero-order chi connectivity index (χ0) is 12.5. The molecule has 2 aromatic rings. The monoisotopic (exact) mass is 246 g/mol. The molecule has 0 amide bonds. The third kappa shape index (κ3) is 1.86. The van der Waals surface area contributed by atoms with Gasteiger partial charge in [-0.1, -0.05) is 0 Å². The highest BCUT2D eigenvalue weighted by Gasteiger charge is 2.20. The number of carboxylic acid groups (broad SMARTS) is 1. The Kier molecular flexibility index (Phi) is 2.76. The molecule has 0 bridgehead atoms. The lowest BCUT2D eigenvalue weighted by Gasteiger charge is -2.20. The Morgan fingerprint density at radius 1 is 1.44 bits per heavy atom. The molecule has 18 heavy (non-hydrogen) atoms. The van der Waals surface area contributed by atoms with Crippen LogP contribution in [0.1, 0.15) is 34.9 Å². The summed E-state index contributed by atoms with van der Waals surface area (Å²) in [5.74, 6) is 0.494. The van der Waals surface area contributed by atoms with Crippen LogP contribution >= 0.6 is 0 Å². The summed E-state index contributed by atoms with van der Waals surface area (Å²) in [6, 6.07) is 3.26. The molecule has 0 saturated carbocycles. The van der Waals surface area contributed by atoms with E-state index in [-0.39, 0.29) is 0 Å². The molecule has 3 heterocycles. The quantitative estimate of drug-likeness (QED) is 0.879. The largest absolute Gasteiger partial charge is 0.478 e. The van der Waals surface area contributed by atoms with Gasteiger partial charge in [-0.3, -0.25) is 0 Å². The standard InChI is InChI=1S/C13H14N2O3/c16-13(17)10-1-4-15-11(7-10)8-14-12(15)9-2-5-18-6-3-9/h1,4,7-9H,2-3,5-6H2,(H,16,17). The molecule has 2 aromatic heterocycles. The molecule has 1 aliphatic heterocycles.